The number of carbonyl (C=O) groups excluding carboxylic acids is 1. The van der Waals surface area contributed by atoms with Crippen molar-refractivity contribution in [2.45, 2.75) is 36.1 Å². The van der Waals surface area contributed by atoms with E-state index >= 15 is 0 Å². The van der Waals surface area contributed by atoms with Gasteiger partial charge in [0.05, 0.1) is 11.1 Å². The fourth-order valence-corrected chi connectivity index (χ4v) is 5.47. The maximum Gasteiger partial charge on any atom is 0.235 e. The second-order valence-corrected chi connectivity index (χ2v) is 10.1. The standard InChI is InChI=1S/C26H33N7OS/c1-5-20-21(15-27)25(32(4)13-14-33-12-11-19(17-33)31(2)3)30-26(22(20)16-28)35-23(24(29)34)18-9-7-6-8-10-18/h6-10,19,23H,5,11-14,17H2,1-4H3,(H2,29,34). The molecule has 0 bridgehead atoms. The van der Waals surface area contributed by atoms with Crippen molar-refractivity contribution >= 4 is 23.5 Å². The molecule has 3 rings (SSSR count). The Bertz CT molecular complexity index is 1120. The van der Waals surface area contributed by atoms with Gasteiger partial charge in [0.25, 0.3) is 0 Å². The zero-order valence-corrected chi connectivity index (χ0v) is 21.7. The molecule has 1 aromatic carbocycles. The van der Waals surface area contributed by atoms with Crippen molar-refractivity contribution in [1.82, 2.24) is 14.8 Å². The van der Waals surface area contributed by atoms with E-state index in [1.165, 1.54) is 11.8 Å². The van der Waals surface area contributed by atoms with Gasteiger partial charge in [0.2, 0.25) is 5.91 Å². The van der Waals surface area contributed by atoms with E-state index in [-0.39, 0.29) is 0 Å². The Balaban J connectivity index is 1.93. The van der Waals surface area contributed by atoms with Crippen molar-refractivity contribution in [1.29, 1.82) is 10.5 Å². The van der Waals surface area contributed by atoms with Gasteiger partial charge < -0.3 is 15.5 Å². The number of hydrogen-bond donors (Lipinski definition) is 1. The van der Waals surface area contributed by atoms with Crippen molar-refractivity contribution in [2.75, 3.05) is 52.2 Å². The Morgan fingerprint density at radius 2 is 1.91 bits per heavy atom. The fourth-order valence-electron chi connectivity index (χ4n) is 4.41. The first-order valence-corrected chi connectivity index (χ1v) is 12.7. The van der Waals surface area contributed by atoms with E-state index in [0.717, 1.165) is 31.6 Å². The molecule has 2 atom stereocenters. The molecule has 2 unspecified atom stereocenters. The van der Waals surface area contributed by atoms with E-state index < -0.39 is 11.2 Å². The molecule has 2 heterocycles. The third-order valence-electron chi connectivity index (χ3n) is 6.51. The summed E-state index contributed by atoms with van der Waals surface area (Å²) in [5, 5.41) is 19.7. The number of carbonyl (C=O) groups is 1. The van der Waals surface area contributed by atoms with Crippen LogP contribution in [0.4, 0.5) is 5.82 Å². The zero-order chi connectivity index (χ0) is 25.5. The molecule has 8 nitrogen and oxygen atoms in total. The largest absolute Gasteiger partial charge is 0.368 e. The number of aromatic nitrogens is 1. The number of nitriles is 2. The highest BCUT2D eigenvalue weighted by Gasteiger charge is 2.28. The summed E-state index contributed by atoms with van der Waals surface area (Å²) in [4.78, 5) is 23.8. The Hall–Kier alpha value is -3.11. The molecule has 35 heavy (non-hydrogen) atoms. The predicted octanol–water partition coefficient (Wildman–Crippen LogP) is 2.78. The first kappa shape index (κ1) is 26.5. The van der Waals surface area contributed by atoms with Crippen LogP contribution < -0.4 is 10.6 Å². The fraction of sp³-hybridized carbons (Fsp3) is 0.462. The van der Waals surface area contributed by atoms with Gasteiger partial charge in [0, 0.05) is 32.7 Å². The first-order chi connectivity index (χ1) is 16.8. The van der Waals surface area contributed by atoms with Crippen LogP contribution in [-0.4, -0.2) is 74.1 Å². The monoisotopic (exact) mass is 491 g/mol. The van der Waals surface area contributed by atoms with Crippen LogP contribution >= 0.6 is 11.8 Å². The summed E-state index contributed by atoms with van der Waals surface area (Å²) in [5.41, 5.74) is 7.89. The number of rotatable bonds is 10. The first-order valence-electron chi connectivity index (χ1n) is 11.8. The van der Waals surface area contributed by atoms with Crippen molar-refractivity contribution < 1.29 is 4.79 Å². The zero-order valence-electron chi connectivity index (χ0n) is 20.9. The lowest BCUT2D eigenvalue weighted by Crippen LogP contribution is -2.36. The van der Waals surface area contributed by atoms with Gasteiger partial charge >= 0.3 is 0 Å². The number of primary amides is 1. The molecule has 1 aliphatic rings. The smallest absolute Gasteiger partial charge is 0.235 e. The Kier molecular flexibility index (Phi) is 9.11. The molecule has 1 aliphatic heterocycles. The van der Waals surface area contributed by atoms with Crippen LogP contribution in [0.25, 0.3) is 0 Å². The lowest BCUT2D eigenvalue weighted by Gasteiger charge is -2.26. The number of benzene rings is 1. The molecule has 0 saturated carbocycles. The lowest BCUT2D eigenvalue weighted by atomic mass is 10.0. The van der Waals surface area contributed by atoms with E-state index in [9.17, 15) is 15.3 Å². The van der Waals surface area contributed by atoms with Gasteiger partial charge in [0.15, 0.2) is 0 Å². The number of amides is 1. The molecule has 1 saturated heterocycles. The van der Waals surface area contributed by atoms with Gasteiger partial charge in [-0.25, -0.2) is 4.98 Å². The molecule has 1 fully saturated rings. The van der Waals surface area contributed by atoms with Crippen molar-refractivity contribution in [3.8, 4) is 12.1 Å². The number of hydrogen-bond acceptors (Lipinski definition) is 8. The van der Waals surface area contributed by atoms with Crippen LogP contribution in [0, 0.1) is 22.7 Å². The molecule has 0 aliphatic carbocycles. The Morgan fingerprint density at radius 1 is 1.23 bits per heavy atom. The summed E-state index contributed by atoms with van der Waals surface area (Å²) in [7, 11) is 6.15. The van der Waals surface area contributed by atoms with Crippen LogP contribution in [0.5, 0.6) is 0 Å². The quantitative estimate of drug-likeness (QED) is 0.505. The highest BCUT2D eigenvalue weighted by Crippen LogP contribution is 2.39. The number of anilines is 1. The van der Waals surface area contributed by atoms with Crippen LogP contribution in [0.1, 0.15) is 40.8 Å². The number of nitrogens with two attached hydrogens (primary N) is 1. The summed E-state index contributed by atoms with van der Waals surface area (Å²) in [6.45, 7) is 5.53. The molecule has 0 radical (unpaired) electrons. The van der Waals surface area contributed by atoms with Crippen molar-refractivity contribution in [3.05, 3.63) is 52.6 Å². The van der Waals surface area contributed by atoms with Crippen molar-refractivity contribution in [3.63, 3.8) is 0 Å². The number of nitrogens with zero attached hydrogens (tertiary/aromatic N) is 6. The van der Waals surface area contributed by atoms with Crippen LogP contribution in [-0.2, 0) is 11.2 Å². The van der Waals surface area contributed by atoms with E-state index in [2.05, 4.69) is 36.0 Å². The number of pyridine rings is 1. The average molecular weight is 492 g/mol. The van der Waals surface area contributed by atoms with Crippen LogP contribution in [0.3, 0.4) is 0 Å². The summed E-state index contributed by atoms with van der Waals surface area (Å²) < 4.78 is 0. The van der Waals surface area contributed by atoms with E-state index in [1.54, 1.807) is 0 Å². The summed E-state index contributed by atoms with van der Waals surface area (Å²) >= 11 is 1.17. The summed E-state index contributed by atoms with van der Waals surface area (Å²) in [6.07, 6.45) is 1.65. The van der Waals surface area contributed by atoms with Gasteiger partial charge in [-0.15, -0.1) is 0 Å². The molecular weight excluding hydrogens is 458 g/mol. The summed E-state index contributed by atoms with van der Waals surface area (Å²) in [6, 6.07) is 14.3. The van der Waals surface area contributed by atoms with Crippen molar-refractivity contribution in [2.24, 2.45) is 5.73 Å². The molecule has 2 N–H and O–H groups in total. The minimum absolute atomic E-state index is 0.335. The third-order valence-corrected chi connectivity index (χ3v) is 7.77. The van der Waals surface area contributed by atoms with Gasteiger partial charge in [-0.2, -0.15) is 10.5 Å². The van der Waals surface area contributed by atoms with Gasteiger partial charge in [-0.05, 0) is 44.6 Å². The van der Waals surface area contributed by atoms with E-state index in [1.807, 2.05) is 49.2 Å². The van der Waals surface area contributed by atoms with Crippen LogP contribution in [0.15, 0.2) is 35.4 Å². The average Bonchev–Trinajstić information content (AvgIpc) is 3.34. The second kappa shape index (κ2) is 12.0. The SMILES string of the molecule is CCc1c(C#N)c(SC(C(N)=O)c2ccccc2)nc(N(C)CCN2CCC(N(C)C)C2)c1C#N. The van der Waals surface area contributed by atoms with Gasteiger partial charge in [-0.1, -0.05) is 49.0 Å². The topological polar surface area (TPSA) is 113 Å². The summed E-state index contributed by atoms with van der Waals surface area (Å²) in [5.74, 6) is 0.0270. The van der Waals surface area contributed by atoms with E-state index in [0.29, 0.717) is 46.5 Å². The molecular formula is C26H33N7OS. The Labute approximate surface area is 212 Å². The maximum atomic E-state index is 12.3. The molecule has 9 heteroatoms. The molecule has 184 valence electrons. The highest BCUT2D eigenvalue weighted by atomic mass is 32.2. The van der Waals surface area contributed by atoms with Gasteiger partial charge in [0.1, 0.15) is 28.2 Å². The molecule has 1 amide bonds. The highest BCUT2D eigenvalue weighted by molar-refractivity contribution is 8.00. The molecule has 0 spiro atoms. The number of likely N-dealkylation sites (N-methyl/N-ethyl adjacent to an activating group) is 2. The number of thioether (sulfide) groups is 1. The predicted molar refractivity (Wildman–Crippen MR) is 139 cm³/mol. The third kappa shape index (κ3) is 6.12. The Morgan fingerprint density at radius 3 is 2.46 bits per heavy atom. The maximum absolute atomic E-state index is 12.3. The lowest BCUT2D eigenvalue weighted by molar-refractivity contribution is -0.117. The molecule has 2 aromatic rings. The minimum atomic E-state index is -0.695. The second-order valence-electron chi connectivity index (χ2n) is 8.99. The minimum Gasteiger partial charge on any atom is -0.368 e. The van der Waals surface area contributed by atoms with Crippen LogP contribution in [0.2, 0.25) is 0 Å². The normalized spacial score (nSPS) is 16.6. The molecule has 1 aromatic heterocycles. The number of likely N-dealkylation sites (tertiary alicyclic amines) is 1. The van der Waals surface area contributed by atoms with E-state index in [4.69, 9.17) is 10.7 Å². The van der Waals surface area contributed by atoms with Gasteiger partial charge in [-0.3, -0.25) is 9.69 Å².